The van der Waals surface area contributed by atoms with Gasteiger partial charge in [0.25, 0.3) is 0 Å². The molecule has 5 nitrogen and oxygen atoms in total. The Balaban J connectivity index is 2.11. The van der Waals surface area contributed by atoms with Crippen molar-refractivity contribution in [2.75, 3.05) is 18.2 Å². The predicted molar refractivity (Wildman–Crippen MR) is 80.1 cm³/mol. The summed E-state index contributed by atoms with van der Waals surface area (Å²) in [6.07, 6.45) is 0. The number of nitrogens with one attached hydrogen (secondary N) is 1. The smallest absolute Gasteiger partial charge is 0.237 e. The molecule has 0 aliphatic rings. The van der Waals surface area contributed by atoms with Gasteiger partial charge in [0, 0.05) is 17.5 Å². The van der Waals surface area contributed by atoms with Crippen molar-refractivity contribution < 1.29 is 9.53 Å². The first-order valence-corrected chi connectivity index (χ1v) is 6.76. The first-order chi connectivity index (χ1) is 9.58. The van der Waals surface area contributed by atoms with Gasteiger partial charge in [-0.2, -0.15) is 0 Å². The molecule has 0 saturated heterocycles. The topological polar surface area (TPSA) is 77.2 Å². The van der Waals surface area contributed by atoms with Crippen LogP contribution < -0.4 is 15.8 Å². The molecule has 0 atom stereocenters. The molecular weight excluding hydrogens is 274 g/mol. The molecular formula is C14H15N3O2S. The minimum atomic E-state index is -0.0876. The van der Waals surface area contributed by atoms with Crippen molar-refractivity contribution in [2.45, 2.75) is 16.8 Å². The zero-order valence-electron chi connectivity index (χ0n) is 11.2. The van der Waals surface area contributed by atoms with E-state index in [2.05, 4.69) is 10.3 Å². The first kappa shape index (κ1) is 14.2. The third-order valence-electron chi connectivity index (χ3n) is 2.45. The largest absolute Gasteiger partial charge is 0.480 e. The van der Waals surface area contributed by atoms with Crippen molar-refractivity contribution in [3.05, 3.63) is 36.4 Å². The molecule has 0 aliphatic carbocycles. The predicted octanol–water partition coefficient (Wildman–Crippen LogP) is 2.78. The van der Waals surface area contributed by atoms with Gasteiger partial charge in [0.15, 0.2) is 0 Å². The maximum absolute atomic E-state index is 10.9. The van der Waals surface area contributed by atoms with Crippen molar-refractivity contribution in [3.63, 3.8) is 0 Å². The molecule has 1 heterocycles. The molecule has 0 bridgehead atoms. The number of anilines is 2. The second kappa shape index (κ2) is 6.29. The molecule has 2 rings (SSSR count). The minimum Gasteiger partial charge on any atom is -0.480 e. The number of nitrogens with zero attached hydrogens (tertiary/aromatic N) is 1. The lowest BCUT2D eigenvalue weighted by Gasteiger charge is -2.07. The van der Waals surface area contributed by atoms with Crippen LogP contribution in [0.2, 0.25) is 0 Å². The van der Waals surface area contributed by atoms with Crippen LogP contribution in [0.3, 0.4) is 0 Å². The summed E-state index contributed by atoms with van der Waals surface area (Å²) in [5, 5.41) is 3.52. The van der Waals surface area contributed by atoms with E-state index in [9.17, 15) is 4.79 Å². The number of pyridine rings is 1. The summed E-state index contributed by atoms with van der Waals surface area (Å²) in [5.41, 5.74) is 7.00. The Hall–Kier alpha value is -2.21. The van der Waals surface area contributed by atoms with Crippen molar-refractivity contribution in [3.8, 4) is 5.88 Å². The highest BCUT2D eigenvalue weighted by atomic mass is 32.2. The van der Waals surface area contributed by atoms with Crippen LogP contribution in [-0.4, -0.2) is 18.0 Å². The summed E-state index contributed by atoms with van der Waals surface area (Å²) in [6.45, 7) is 1.48. The molecule has 1 aromatic carbocycles. The quantitative estimate of drug-likeness (QED) is 0.905. The zero-order valence-corrected chi connectivity index (χ0v) is 12.0. The molecule has 1 aromatic heterocycles. The number of carbonyl (C=O) groups is 1. The second-order valence-corrected chi connectivity index (χ2v) is 5.15. The van der Waals surface area contributed by atoms with Crippen LogP contribution in [0.5, 0.6) is 5.88 Å². The molecule has 6 heteroatoms. The summed E-state index contributed by atoms with van der Waals surface area (Å²) in [7, 11) is 1.54. The van der Waals surface area contributed by atoms with Gasteiger partial charge in [-0.25, -0.2) is 4.98 Å². The fraction of sp³-hybridized carbons (Fsp3) is 0.143. The lowest BCUT2D eigenvalue weighted by molar-refractivity contribution is -0.114. The molecule has 0 saturated carbocycles. The number of ether oxygens (including phenoxy) is 1. The van der Waals surface area contributed by atoms with Crippen LogP contribution in [0.25, 0.3) is 0 Å². The van der Waals surface area contributed by atoms with Crippen LogP contribution in [-0.2, 0) is 4.79 Å². The van der Waals surface area contributed by atoms with Gasteiger partial charge in [0.05, 0.1) is 12.8 Å². The number of rotatable bonds is 4. The van der Waals surface area contributed by atoms with E-state index < -0.39 is 0 Å². The third kappa shape index (κ3) is 3.64. The SMILES string of the molecule is COc1nc(Sc2ccc(NC(C)=O)cc2)ccc1N. The summed E-state index contributed by atoms with van der Waals surface area (Å²) in [6, 6.07) is 11.1. The molecule has 0 radical (unpaired) electrons. The minimum absolute atomic E-state index is 0.0876. The molecule has 1 amide bonds. The van der Waals surface area contributed by atoms with Crippen molar-refractivity contribution >= 4 is 29.0 Å². The Morgan fingerprint density at radius 2 is 1.95 bits per heavy atom. The molecule has 0 unspecified atom stereocenters. The highest BCUT2D eigenvalue weighted by Crippen LogP contribution is 2.30. The average molecular weight is 289 g/mol. The monoisotopic (exact) mass is 289 g/mol. The Bertz CT molecular complexity index is 614. The van der Waals surface area contributed by atoms with E-state index in [1.807, 2.05) is 30.3 Å². The van der Waals surface area contributed by atoms with Gasteiger partial charge < -0.3 is 15.8 Å². The number of aromatic nitrogens is 1. The van der Waals surface area contributed by atoms with Crippen LogP contribution in [0.1, 0.15) is 6.92 Å². The number of nitrogen functional groups attached to an aromatic ring is 1. The fourth-order valence-corrected chi connectivity index (χ4v) is 2.36. The maximum atomic E-state index is 10.9. The van der Waals surface area contributed by atoms with Crippen molar-refractivity contribution in [1.29, 1.82) is 0 Å². The lowest BCUT2D eigenvalue weighted by Crippen LogP contribution is -2.05. The number of hydrogen-bond donors (Lipinski definition) is 2. The van der Waals surface area contributed by atoms with Crippen LogP contribution >= 0.6 is 11.8 Å². The van der Waals surface area contributed by atoms with Gasteiger partial charge in [-0.15, -0.1) is 0 Å². The molecule has 0 aliphatic heterocycles. The Morgan fingerprint density at radius 1 is 1.25 bits per heavy atom. The van der Waals surface area contributed by atoms with Crippen LogP contribution in [0, 0.1) is 0 Å². The highest BCUT2D eigenvalue weighted by molar-refractivity contribution is 7.99. The van der Waals surface area contributed by atoms with Crippen LogP contribution in [0.4, 0.5) is 11.4 Å². The Morgan fingerprint density at radius 3 is 2.55 bits per heavy atom. The average Bonchev–Trinajstić information content (AvgIpc) is 2.42. The zero-order chi connectivity index (χ0) is 14.5. The number of benzene rings is 1. The summed E-state index contributed by atoms with van der Waals surface area (Å²) < 4.78 is 5.09. The van der Waals surface area contributed by atoms with Gasteiger partial charge in [0.2, 0.25) is 11.8 Å². The molecule has 104 valence electrons. The normalized spacial score (nSPS) is 10.1. The van der Waals surface area contributed by atoms with E-state index in [1.165, 1.54) is 25.8 Å². The van der Waals surface area contributed by atoms with Crippen molar-refractivity contribution in [1.82, 2.24) is 4.98 Å². The van der Waals surface area contributed by atoms with Gasteiger partial charge in [-0.3, -0.25) is 4.79 Å². The lowest BCUT2D eigenvalue weighted by atomic mass is 10.3. The van der Waals surface area contributed by atoms with Crippen molar-refractivity contribution in [2.24, 2.45) is 0 Å². The molecule has 2 aromatic rings. The molecule has 3 N–H and O–H groups in total. The highest BCUT2D eigenvalue weighted by Gasteiger charge is 2.05. The van der Waals surface area contributed by atoms with E-state index in [4.69, 9.17) is 10.5 Å². The van der Waals surface area contributed by atoms with Gasteiger partial charge in [0.1, 0.15) is 5.03 Å². The van der Waals surface area contributed by atoms with E-state index in [0.717, 1.165) is 15.6 Å². The van der Waals surface area contributed by atoms with Gasteiger partial charge in [-0.05, 0) is 36.4 Å². The Labute approximate surface area is 121 Å². The number of carbonyl (C=O) groups excluding carboxylic acids is 1. The second-order valence-electron chi connectivity index (χ2n) is 4.06. The van der Waals surface area contributed by atoms with E-state index >= 15 is 0 Å². The summed E-state index contributed by atoms with van der Waals surface area (Å²) >= 11 is 1.49. The number of amides is 1. The number of nitrogens with two attached hydrogens (primary N) is 1. The summed E-state index contributed by atoms with van der Waals surface area (Å²) in [5.74, 6) is 0.334. The van der Waals surface area contributed by atoms with Gasteiger partial charge in [-0.1, -0.05) is 11.8 Å². The first-order valence-electron chi connectivity index (χ1n) is 5.94. The summed E-state index contributed by atoms with van der Waals surface area (Å²) in [4.78, 5) is 16.3. The maximum Gasteiger partial charge on any atom is 0.237 e. The Kier molecular flexibility index (Phi) is 4.47. The van der Waals surface area contributed by atoms with E-state index in [0.29, 0.717) is 11.6 Å². The molecule has 0 fully saturated rings. The number of methoxy groups -OCH3 is 1. The van der Waals surface area contributed by atoms with Crippen LogP contribution in [0.15, 0.2) is 46.3 Å². The number of hydrogen-bond acceptors (Lipinski definition) is 5. The van der Waals surface area contributed by atoms with E-state index in [1.54, 1.807) is 6.07 Å². The molecule has 0 spiro atoms. The standard InChI is InChI=1S/C14H15N3O2S/c1-9(18)16-10-3-5-11(6-4-10)20-13-8-7-12(15)14(17-13)19-2/h3-8H,15H2,1-2H3,(H,16,18). The van der Waals surface area contributed by atoms with E-state index in [-0.39, 0.29) is 5.91 Å². The molecule has 20 heavy (non-hydrogen) atoms. The fourth-order valence-electron chi connectivity index (χ4n) is 1.58. The van der Waals surface area contributed by atoms with Gasteiger partial charge >= 0.3 is 0 Å². The third-order valence-corrected chi connectivity index (χ3v) is 3.40.